The first kappa shape index (κ1) is 73.6. The molecule has 1 unspecified atom stereocenters. The molecular weight excluding hydrogens is 949 g/mol. The van der Waals surface area contributed by atoms with Crippen LogP contribution in [-0.2, 0) is 28.6 Å². The third-order valence-corrected chi connectivity index (χ3v) is 14.4. The van der Waals surface area contributed by atoms with Crippen LogP contribution in [0.1, 0.15) is 329 Å². The zero-order valence-corrected chi connectivity index (χ0v) is 51.0. The van der Waals surface area contributed by atoms with Gasteiger partial charge >= 0.3 is 17.9 Å². The van der Waals surface area contributed by atoms with E-state index in [1.165, 1.54) is 180 Å². The Balaban J connectivity index is 4.10. The maximum atomic E-state index is 12.8. The molecule has 0 aromatic carbocycles. The Morgan fingerprint density at radius 1 is 0.273 bits per heavy atom. The highest BCUT2D eigenvalue weighted by Gasteiger charge is 2.19. The number of hydrogen-bond donors (Lipinski definition) is 0. The molecule has 6 heteroatoms. The van der Waals surface area contributed by atoms with Crippen molar-refractivity contribution in [1.29, 1.82) is 0 Å². The fraction of sp³-hybridized carbons (Fsp3) is 0.761. The lowest BCUT2D eigenvalue weighted by atomic mass is 10.0. The molecule has 0 heterocycles. The van der Waals surface area contributed by atoms with Crippen LogP contribution in [0.15, 0.2) is 85.1 Å². The van der Waals surface area contributed by atoms with E-state index in [9.17, 15) is 14.4 Å². The second-order valence-electron chi connectivity index (χ2n) is 22.0. The number of ether oxygens (including phenoxy) is 3. The molecule has 0 aromatic rings. The molecule has 444 valence electrons. The summed E-state index contributed by atoms with van der Waals surface area (Å²) in [6, 6.07) is 0. The second-order valence-corrected chi connectivity index (χ2v) is 22.0. The summed E-state index contributed by atoms with van der Waals surface area (Å²) in [5.74, 6) is -0.947. The zero-order chi connectivity index (χ0) is 55.7. The number of carbonyl (C=O) groups excluding carboxylic acids is 3. The predicted molar refractivity (Wildman–Crippen MR) is 334 cm³/mol. The summed E-state index contributed by atoms with van der Waals surface area (Å²) in [6.45, 7) is 6.39. The molecule has 0 bridgehead atoms. The molecule has 1 atom stereocenters. The first-order valence-corrected chi connectivity index (χ1v) is 33.1. The van der Waals surface area contributed by atoms with Crippen molar-refractivity contribution in [2.24, 2.45) is 0 Å². The Hall–Kier alpha value is -3.41. The molecule has 0 aliphatic heterocycles. The topological polar surface area (TPSA) is 78.9 Å². The molecule has 6 nitrogen and oxygen atoms in total. The van der Waals surface area contributed by atoms with Gasteiger partial charge in [0.2, 0.25) is 0 Å². The van der Waals surface area contributed by atoms with E-state index in [0.717, 1.165) is 109 Å². The molecule has 0 spiro atoms. The van der Waals surface area contributed by atoms with Gasteiger partial charge in [0.15, 0.2) is 6.10 Å². The molecule has 0 aromatic heterocycles. The predicted octanol–water partition coefficient (Wildman–Crippen LogP) is 22.7. The normalized spacial score (nSPS) is 12.6. The maximum Gasteiger partial charge on any atom is 0.306 e. The molecule has 0 rings (SSSR count). The van der Waals surface area contributed by atoms with Crippen LogP contribution in [0.3, 0.4) is 0 Å². The number of hydrogen-bond acceptors (Lipinski definition) is 6. The van der Waals surface area contributed by atoms with Crippen LogP contribution in [0.2, 0.25) is 0 Å². The van der Waals surface area contributed by atoms with Gasteiger partial charge in [-0.15, -0.1) is 0 Å². The summed E-state index contributed by atoms with van der Waals surface area (Å²) < 4.78 is 16.8. The summed E-state index contributed by atoms with van der Waals surface area (Å²) in [4.78, 5) is 38.2. The van der Waals surface area contributed by atoms with Gasteiger partial charge in [0.1, 0.15) is 13.2 Å². The lowest BCUT2D eigenvalue weighted by molar-refractivity contribution is -0.167. The minimum atomic E-state index is -0.803. The van der Waals surface area contributed by atoms with Gasteiger partial charge in [0.25, 0.3) is 0 Å². The highest BCUT2D eigenvalue weighted by atomic mass is 16.6. The fourth-order valence-electron chi connectivity index (χ4n) is 9.47. The van der Waals surface area contributed by atoms with Gasteiger partial charge in [-0.2, -0.15) is 0 Å². The minimum Gasteiger partial charge on any atom is -0.462 e. The second kappa shape index (κ2) is 65.1. The Morgan fingerprint density at radius 3 is 0.818 bits per heavy atom. The average Bonchev–Trinajstić information content (AvgIpc) is 3.43. The van der Waals surface area contributed by atoms with Gasteiger partial charge in [0.05, 0.1) is 0 Å². The quantitative estimate of drug-likeness (QED) is 0.0261. The summed E-state index contributed by atoms with van der Waals surface area (Å²) in [6.07, 6.45) is 86.4. The number of esters is 3. The number of allylic oxidation sites excluding steroid dienone is 14. The minimum absolute atomic E-state index is 0.0960. The summed E-state index contributed by atoms with van der Waals surface area (Å²) in [5.41, 5.74) is 0. The van der Waals surface area contributed by atoms with Gasteiger partial charge in [0, 0.05) is 19.3 Å². The van der Waals surface area contributed by atoms with Crippen LogP contribution in [0.4, 0.5) is 0 Å². The largest absolute Gasteiger partial charge is 0.462 e. The van der Waals surface area contributed by atoms with Crippen molar-refractivity contribution >= 4 is 17.9 Å². The van der Waals surface area contributed by atoms with Crippen LogP contribution in [-0.4, -0.2) is 37.2 Å². The van der Waals surface area contributed by atoms with Crippen molar-refractivity contribution in [2.75, 3.05) is 13.2 Å². The maximum absolute atomic E-state index is 12.8. The third kappa shape index (κ3) is 63.3. The van der Waals surface area contributed by atoms with Crippen LogP contribution in [0.25, 0.3) is 0 Å². The van der Waals surface area contributed by atoms with Gasteiger partial charge in [-0.25, -0.2) is 0 Å². The van der Waals surface area contributed by atoms with E-state index in [2.05, 4.69) is 106 Å². The van der Waals surface area contributed by atoms with E-state index in [1.807, 2.05) is 0 Å². The Kier molecular flexibility index (Phi) is 62.2. The lowest BCUT2D eigenvalue weighted by Gasteiger charge is -2.18. The summed E-state index contributed by atoms with van der Waals surface area (Å²) in [7, 11) is 0. The van der Waals surface area contributed by atoms with Crippen molar-refractivity contribution in [2.45, 2.75) is 335 Å². The first-order valence-electron chi connectivity index (χ1n) is 33.1. The van der Waals surface area contributed by atoms with Gasteiger partial charge < -0.3 is 14.2 Å². The van der Waals surface area contributed by atoms with Crippen LogP contribution in [0.5, 0.6) is 0 Å². The summed E-state index contributed by atoms with van der Waals surface area (Å²) >= 11 is 0. The van der Waals surface area contributed by atoms with Crippen molar-refractivity contribution < 1.29 is 28.6 Å². The van der Waals surface area contributed by atoms with Gasteiger partial charge in [-0.1, -0.05) is 286 Å². The number of carbonyl (C=O) groups is 3. The SMILES string of the molecule is CC/C=C\C/C=C\C/C=C\CCCCCC(=O)OCC(COC(=O)CCCCCCCCCCCCCCCCCCCCCCC/C=C\CCCCCCCCCC)OC(=O)CCCCC/C=C\C/C=C\C/C=C\CC. The first-order chi connectivity index (χ1) is 38.0. The third-order valence-electron chi connectivity index (χ3n) is 14.4. The van der Waals surface area contributed by atoms with Crippen LogP contribution in [0, 0.1) is 0 Å². The lowest BCUT2D eigenvalue weighted by Crippen LogP contribution is -2.30. The molecule has 0 saturated heterocycles. The zero-order valence-electron chi connectivity index (χ0n) is 51.0. The Bertz CT molecular complexity index is 1470. The molecular formula is C71H124O6. The number of rotatable bonds is 60. The molecule has 0 N–H and O–H groups in total. The van der Waals surface area contributed by atoms with E-state index in [0.29, 0.717) is 12.8 Å². The van der Waals surface area contributed by atoms with E-state index in [-0.39, 0.29) is 37.5 Å². The van der Waals surface area contributed by atoms with Crippen molar-refractivity contribution in [3.8, 4) is 0 Å². The molecule has 0 fully saturated rings. The van der Waals surface area contributed by atoms with E-state index in [4.69, 9.17) is 14.2 Å². The highest BCUT2D eigenvalue weighted by Crippen LogP contribution is 2.17. The standard InChI is InChI=1S/C71H124O6/c1-4-7-10-13-16-19-22-25-26-27-28-29-30-31-32-33-34-35-36-37-38-39-40-41-42-43-44-47-49-52-55-58-61-64-70(73)76-67-68(77-71(74)65-62-59-56-53-50-46-24-21-18-15-12-9-6-3)66-75-69(72)63-60-57-54-51-48-45-23-20-17-14-11-8-5-2/h8-9,11-12,17-18,20-21,27-28,45-46,48,50,68H,4-7,10,13-16,19,22-26,29-44,47,49,51-67H2,1-3H3/b11-8-,12-9-,20-17-,21-18-,28-27-,48-45-,50-46-. The molecule has 0 aliphatic carbocycles. The molecule has 0 radical (unpaired) electrons. The Morgan fingerprint density at radius 2 is 0.506 bits per heavy atom. The van der Waals surface area contributed by atoms with Crippen molar-refractivity contribution in [3.63, 3.8) is 0 Å². The average molecular weight is 1070 g/mol. The van der Waals surface area contributed by atoms with E-state index >= 15 is 0 Å². The smallest absolute Gasteiger partial charge is 0.306 e. The van der Waals surface area contributed by atoms with Crippen LogP contribution >= 0.6 is 0 Å². The highest BCUT2D eigenvalue weighted by molar-refractivity contribution is 5.71. The van der Waals surface area contributed by atoms with Crippen molar-refractivity contribution in [1.82, 2.24) is 0 Å². The molecule has 0 amide bonds. The van der Waals surface area contributed by atoms with E-state index in [1.54, 1.807) is 0 Å². The van der Waals surface area contributed by atoms with Crippen molar-refractivity contribution in [3.05, 3.63) is 85.1 Å². The van der Waals surface area contributed by atoms with E-state index < -0.39 is 6.10 Å². The number of unbranched alkanes of at least 4 members (excludes halogenated alkanes) is 35. The van der Waals surface area contributed by atoms with Crippen LogP contribution < -0.4 is 0 Å². The molecule has 0 aliphatic rings. The fourth-order valence-corrected chi connectivity index (χ4v) is 9.47. The monoisotopic (exact) mass is 1070 g/mol. The van der Waals surface area contributed by atoms with Gasteiger partial charge in [-0.3, -0.25) is 14.4 Å². The van der Waals surface area contributed by atoms with Gasteiger partial charge in [-0.05, 0) is 109 Å². The molecule has 0 saturated carbocycles. The molecule has 77 heavy (non-hydrogen) atoms. The summed E-state index contributed by atoms with van der Waals surface area (Å²) in [5, 5.41) is 0. The Labute approximate surface area is 477 Å².